The Morgan fingerprint density at radius 3 is 2.06 bits per heavy atom. The molecule has 0 N–H and O–H groups in total. The van der Waals surface area contributed by atoms with Crippen LogP contribution in [0.15, 0.2) is 30.8 Å². The van der Waals surface area contributed by atoms with Gasteiger partial charge in [0.05, 0.1) is 0 Å². The molecule has 1 nitrogen and oxygen atoms in total. The molecule has 0 saturated carbocycles. The number of hydrogen-bond donors (Lipinski definition) is 0. The van der Waals surface area contributed by atoms with E-state index in [2.05, 4.69) is 64.3 Å². The minimum atomic E-state index is -1.45. The molecule has 2 heteroatoms. The molecule has 17 heavy (non-hydrogen) atoms. The first-order valence-corrected chi connectivity index (χ1v) is 9.64. The molecule has 0 aromatic heterocycles. The molecule has 0 radical (unpaired) electrons. The molecule has 0 aliphatic rings. The highest BCUT2D eigenvalue weighted by molar-refractivity contribution is 6.69. The quantitative estimate of drug-likeness (QED) is 0.688. The molecule has 0 amide bonds. The van der Waals surface area contributed by atoms with Gasteiger partial charge in [-0.1, -0.05) is 43.8 Å². The second kappa shape index (κ2) is 5.65. The third kappa shape index (κ3) is 4.48. The molecular formula is C15H24OSi. The van der Waals surface area contributed by atoms with Crippen LogP contribution >= 0.6 is 0 Å². The van der Waals surface area contributed by atoms with E-state index in [1.165, 1.54) is 11.1 Å². The zero-order valence-corrected chi connectivity index (χ0v) is 12.7. The van der Waals surface area contributed by atoms with Gasteiger partial charge in [-0.3, -0.25) is 0 Å². The van der Waals surface area contributed by atoms with Crippen molar-refractivity contribution >= 4 is 14.4 Å². The van der Waals surface area contributed by atoms with Crippen LogP contribution in [0.25, 0.3) is 6.08 Å². The fourth-order valence-electron chi connectivity index (χ4n) is 1.87. The van der Waals surface area contributed by atoms with Crippen LogP contribution in [0.2, 0.25) is 19.6 Å². The summed E-state index contributed by atoms with van der Waals surface area (Å²) in [5, 5.41) is 0. The van der Waals surface area contributed by atoms with E-state index in [4.69, 9.17) is 4.43 Å². The van der Waals surface area contributed by atoms with Crippen molar-refractivity contribution in [3.05, 3.63) is 42.0 Å². The highest BCUT2D eigenvalue weighted by atomic mass is 28.4. The van der Waals surface area contributed by atoms with Crippen LogP contribution < -0.4 is 0 Å². The van der Waals surface area contributed by atoms with Gasteiger partial charge in [-0.25, -0.2) is 0 Å². The number of rotatable bonds is 5. The van der Waals surface area contributed by atoms with Gasteiger partial charge >= 0.3 is 0 Å². The fraction of sp³-hybridized carbons (Fsp3) is 0.467. The van der Waals surface area contributed by atoms with E-state index < -0.39 is 8.32 Å². The Kier molecular flexibility index (Phi) is 4.72. The van der Waals surface area contributed by atoms with Gasteiger partial charge in [-0.15, -0.1) is 0 Å². The second-order valence-electron chi connectivity index (χ2n) is 5.59. The van der Waals surface area contributed by atoms with Gasteiger partial charge in [-0.05, 0) is 37.7 Å². The second-order valence-corrected chi connectivity index (χ2v) is 10.1. The summed E-state index contributed by atoms with van der Waals surface area (Å²) in [4.78, 5) is 0. The predicted octanol–water partition coefficient (Wildman–Crippen LogP) is 4.67. The zero-order valence-electron chi connectivity index (χ0n) is 11.7. The minimum Gasteiger partial charge on any atom is -0.414 e. The van der Waals surface area contributed by atoms with Crippen LogP contribution in [-0.4, -0.2) is 14.4 Å². The molecule has 0 heterocycles. The summed E-state index contributed by atoms with van der Waals surface area (Å²) >= 11 is 0. The molecule has 94 valence electrons. The molecule has 1 rings (SSSR count). The first-order valence-electron chi connectivity index (χ1n) is 6.23. The third-order valence-corrected chi connectivity index (χ3v) is 4.02. The Morgan fingerprint density at radius 1 is 1.12 bits per heavy atom. The van der Waals surface area contributed by atoms with Gasteiger partial charge < -0.3 is 4.43 Å². The standard InChI is InChI=1S/C15H24OSi/c1-7-14-8-10-15(11-9-14)12(2)13(3)16-17(4,5)6/h7-13H,1H2,2-6H3. The summed E-state index contributed by atoms with van der Waals surface area (Å²) in [7, 11) is -1.45. The Hall–Kier alpha value is -0.863. The van der Waals surface area contributed by atoms with Crippen molar-refractivity contribution in [3.63, 3.8) is 0 Å². The zero-order chi connectivity index (χ0) is 13.1. The summed E-state index contributed by atoms with van der Waals surface area (Å²) in [5.74, 6) is 0.431. The molecule has 2 atom stereocenters. The van der Waals surface area contributed by atoms with Gasteiger partial charge in [-0.2, -0.15) is 0 Å². The Bertz CT molecular complexity index is 362. The third-order valence-electron chi connectivity index (χ3n) is 2.94. The first-order chi connectivity index (χ1) is 7.83. The maximum Gasteiger partial charge on any atom is 0.184 e. The van der Waals surface area contributed by atoms with E-state index in [1.807, 2.05) is 6.08 Å². The van der Waals surface area contributed by atoms with Gasteiger partial charge in [0.15, 0.2) is 8.32 Å². The maximum absolute atomic E-state index is 6.13. The van der Waals surface area contributed by atoms with E-state index in [0.717, 1.165) is 0 Å². The van der Waals surface area contributed by atoms with E-state index in [9.17, 15) is 0 Å². The van der Waals surface area contributed by atoms with Crippen LogP contribution in [-0.2, 0) is 4.43 Å². The molecule has 1 aromatic rings. The highest BCUT2D eigenvalue weighted by Crippen LogP contribution is 2.24. The fourth-order valence-corrected chi connectivity index (χ4v) is 3.19. The topological polar surface area (TPSA) is 9.23 Å². The van der Waals surface area contributed by atoms with E-state index in [-0.39, 0.29) is 6.10 Å². The first kappa shape index (κ1) is 14.2. The molecular weight excluding hydrogens is 224 g/mol. The van der Waals surface area contributed by atoms with Crippen LogP contribution in [0, 0.1) is 0 Å². The SMILES string of the molecule is C=Cc1ccc(C(C)C(C)O[Si](C)(C)C)cc1. The van der Waals surface area contributed by atoms with E-state index in [1.54, 1.807) is 0 Å². The lowest BCUT2D eigenvalue weighted by Gasteiger charge is -2.28. The monoisotopic (exact) mass is 248 g/mol. The summed E-state index contributed by atoms with van der Waals surface area (Å²) in [5.41, 5.74) is 2.50. The van der Waals surface area contributed by atoms with Crippen molar-refractivity contribution in [2.45, 2.75) is 45.5 Å². The summed E-state index contributed by atoms with van der Waals surface area (Å²) in [6.45, 7) is 14.9. The van der Waals surface area contributed by atoms with Crippen molar-refractivity contribution in [1.82, 2.24) is 0 Å². The van der Waals surface area contributed by atoms with Gasteiger partial charge in [0, 0.05) is 12.0 Å². The van der Waals surface area contributed by atoms with E-state index >= 15 is 0 Å². The van der Waals surface area contributed by atoms with Crippen LogP contribution in [0.4, 0.5) is 0 Å². The lowest BCUT2D eigenvalue weighted by atomic mass is 9.95. The number of hydrogen-bond acceptors (Lipinski definition) is 1. The smallest absolute Gasteiger partial charge is 0.184 e. The lowest BCUT2D eigenvalue weighted by Crippen LogP contribution is -2.33. The van der Waals surface area contributed by atoms with Crippen molar-refractivity contribution in [2.75, 3.05) is 0 Å². The average Bonchev–Trinajstić information content (AvgIpc) is 2.26. The number of benzene rings is 1. The summed E-state index contributed by atoms with van der Waals surface area (Å²) in [6, 6.07) is 8.57. The Balaban J connectivity index is 2.74. The molecule has 2 unspecified atom stereocenters. The van der Waals surface area contributed by atoms with Gasteiger partial charge in [0.2, 0.25) is 0 Å². The van der Waals surface area contributed by atoms with Crippen molar-refractivity contribution in [1.29, 1.82) is 0 Å². The molecule has 0 aliphatic heterocycles. The Labute approximate surface area is 107 Å². The normalized spacial score (nSPS) is 15.4. The average molecular weight is 248 g/mol. The Morgan fingerprint density at radius 2 is 1.65 bits per heavy atom. The van der Waals surface area contributed by atoms with Crippen molar-refractivity contribution in [3.8, 4) is 0 Å². The summed E-state index contributed by atoms with van der Waals surface area (Å²) < 4.78 is 6.13. The molecule has 1 aromatic carbocycles. The van der Waals surface area contributed by atoms with Crippen LogP contribution in [0.3, 0.4) is 0 Å². The van der Waals surface area contributed by atoms with Gasteiger partial charge in [0.25, 0.3) is 0 Å². The predicted molar refractivity (Wildman–Crippen MR) is 78.8 cm³/mol. The molecule has 0 saturated heterocycles. The lowest BCUT2D eigenvalue weighted by molar-refractivity contribution is 0.188. The molecule has 0 spiro atoms. The molecule has 0 bridgehead atoms. The van der Waals surface area contributed by atoms with Crippen molar-refractivity contribution in [2.24, 2.45) is 0 Å². The minimum absolute atomic E-state index is 0.274. The highest BCUT2D eigenvalue weighted by Gasteiger charge is 2.22. The molecule has 0 aliphatic carbocycles. The maximum atomic E-state index is 6.13. The van der Waals surface area contributed by atoms with E-state index in [0.29, 0.717) is 5.92 Å². The van der Waals surface area contributed by atoms with Crippen LogP contribution in [0.1, 0.15) is 30.9 Å². The van der Waals surface area contributed by atoms with Crippen molar-refractivity contribution < 1.29 is 4.43 Å². The van der Waals surface area contributed by atoms with Crippen LogP contribution in [0.5, 0.6) is 0 Å². The van der Waals surface area contributed by atoms with Gasteiger partial charge in [0.1, 0.15) is 0 Å². The summed E-state index contributed by atoms with van der Waals surface area (Å²) in [6.07, 6.45) is 2.15. The largest absolute Gasteiger partial charge is 0.414 e. The molecule has 0 fully saturated rings.